The van der Waals surface area contributed by atoms with Crippen LogP contribution in [0.25, 0.3) is 0 Å². The van der Waals surface area contributed by atoms with Gasteiger partial charge in [0.25, 0.3) is 0 Å². The van der Waals surface area contributed by atoms with Gasteiger partial charge in [0, 0.05) is 19.3 Å². The fourth-order valence-electron chi connectivity index (χ4n) is 3.02. The first kappa shape index (κ1) is 17.2. The fourth-order valence-corrected chi connectivity index (χ4v) is 3.02. The van der Waals surface area contributed by atoms with E-state index in [1.165, 1.54) is 23.0 Å². The van der Waals surface area contributed by atoms with Crippen molar-refractivity contribution >= 4 is 11.4 Å². The Bertz CT molecular complexity index is 790. The molecule has 0 amide bonds. The maximum atomic E-state index is 13.8. The fraction of sp³-hybridized carbons (Fsp3) is 0.400. The number of nitro groups is 1. The average molecular weight is 358 g/mol. The number of benzene rings is 1. The summed E-state index contributed by atoms with van der Waals surface area (Å²) in [6, 6.07) is 4.33. The van der Waals surface area contributed by atoms with E-state index in [4.69, 9.17) is 0 Å². The molecule has 6 nitrogen and oxygen atoms in total. The monoisotopic (exact) mass is 358 g/mol. The van der Waals surface area contributed by atoms with Crippen molar-refractivity contribution in [3.05, 3.63) is 52.1 Å². The molecule has 0 spiro atoms. The summed E-state index contributed by atoms with van der Waals surface area (Å²) in [5, 5.41) is 14.7. The highest BCUT2D eigenvalue weighted by atomic mass is 19.4. The number of aromatic nitrogens is 2. The standard InChI is InChI=1S/C15H14F4N4O2/c16-11-4-1-5-12(14(11)23(24)25)21-7-2-3-10(9-21)22-8-6-13(20-22)15(17,18)19/h1,4-6,8,10H,2-3,7,9H2. The van der Waals surface area contributed by atoms with E-state index in [9.17, 15) is 27.7 Å². The van der Waals surface area contributed by atoms with Gasteiger partial charge in [-0.1, -0.05) is 6.07 Å². The van der Waals surface area contributed by atoms with E-state index in [1.54, 1.807) is 4.90 Å². The maximum absolute atomic E-state index is 13.8. The summed E-state index contributed by atoms with van der Waals surface area (Å²) < 4.78 is 53.1. The van der Waals surface area contributed by atoms with Crippen LogP contribution < -0.4 is 4.90 Å². The normalized spacial score (nSPS) is 18.4. The van der Waals surface area contributed by atoms with Crippen molar-refractivity contribution in [2.24, 2.45) is 0 Å². The largest absolute Gasteiger partial charge is 0.435 e. The zero-order valence-corrected chi connectivity index (χ0v) is 12.9. The Balaban J connectivity index is 1.86. The first-order valence-corrected chi connectivity index (χ1v) is 7.57. The van der Waals surface area contributed by atoms with Crippen molar-refractivity contribution in [2.45, 2.75) is 25.1 Å². The van der Waals surface area contributed by atoms with Gasteiger partial charge in [0.05, 0.1) is 11.0 Å². The topological polar surface area (TPSA) is 64.2 Å². The van der Waals surface area contributed by atoms with Gasteiger partial charge in [-0.15, -0.1) is 0 Å². The summed E-state index contributed by atoms with van der Waals surface area (Å²) in [7, 11) is 0. The van der Waals surface area contributed by atoms with Crippen LogP contribution in [0.4, 0.5) is 28.9 Å². The smallest absolute Gasteiger partial charge is 0.364 e. The minimum absolute atomic E-state index is 0.123. The lowest BCUT2D eigenvalue weighted by molar-refractivity contribution is -0.386. The van der Waals surface area contributed by atoms with Crippen LogP contribution in [0, 0.1) is 15.9 Å². The van der Waals surface area contributed by atoms with Crippen LogP contribution in [0.3, 0.4) is 0 Å². The predicted octanol–water partition coefficient (Wildman–Crippen LogP) is 3.79. The van der Waals surface area contributed by atoms with E-state index in [0.29, 0.717) is 19.4 Å². The van der Waals surface area contributed by atoms with Gasteiger partial charge in [-0.2, -0.15) is 22.7 Å². The van der Waals surface area contributed by atoms with Gasteiger partial charge in [-0.25, -0.2) is 0 Å². The highest BCUT2D eigenvalue weighted by Crippen LogP contribution is 2.35. The van der Waals surface area contributed by atoms with Crippen LogP contribution in [0.2, 0.25) is 0 Å². The molecule has 3 rings (SSSR count). The van der Waals surface area contributed by atoms with Gasteiger partial charge in [-0.3, -0.25) is 14.8 Å². The summed E-state index contributed by atoms with van der Waals surface area (Å²) in [6.07, 6.45) is -2.10. The number of nitro benzene ring substituents is 1. The molecule has 2 heterocycles. The number of anilines is 1. The molecule has 0 bridgehead atoms. The number of nitrogens with zero attached hydrogens (tertiary/aromatic N) is 4. The van der Waals surface area contributed by atoms with Crippen LogP contribution in [0.15, 0.2) is 30.5 Å². The number of alkyl halides is 3. The number of hydrogen-bond donors (Lipinski definition) is 0. The highest BCUT2D eigenvalue weighted by molar-refractivity contribution is 5.64. The van der Waals surface area contributed by atoms with Crippen molar-refractivity contribution in [2.75, 3.05) is 18.0 Å². The van der Waals surface area contributed by atoms with Crippen LogP contribution >= 0.6 is 0 Å². The van der Waals surface area contributed by atoms with Crippen molar-refractivity contribution in [1.29, 1.82) is 0 Å². The van der Waals surface area contributed by atoms with Gasteiger partial charge in [0.15, 0.2) is 5.69 Å². The number of rotatable bonds is 3. The van der Waals surface area contributed by atoms with E-state index in [2.05, 4.69) is 5.10 Å². The van der Waals surface area contributed by atoms with E-state index in [0.717, 1.165) is 12.1 Å². The van der Waals surface area contributed by atoms with Gasteiger partial charge in [0.1, 0.15) is 5.69 Å². The molecular formula is C15H14F4N4O2. The molecule has 10 heteroatoms. The van der Waals surface area contributed by atoms with Gasteiger partial charge >= 0.3 is 11.9 Å². The third-order valence-electron chi connectivity index (χ3n) is 4.16. The maximum Gasteiger partial charge on any atom is 0.435 e. The Kier molecular flexibility index (Phi) is 4.36. The van der Waals surface area contributed by atoms with E-state index in [-0.39, 0.29) is 18.3 Å². The second-order valence-electron chi connectivity index (χ2n) is 5.79. The molecule has 1 unspecified atom stereocenters. The summed E-state index contributed by atoms with van der Waals surface area (Å²) in [4.78, 5) is 12.0. The molecule has 0 aliphatic carbocycles. The molecule has 1 aliphatic heterocycles. The lowest BCUT2D eigenvalue weighted by atomic mass is 10.0. The Morgan fingerprint density at radius 2 is 2.04 bits per heavy atom. The molecule has 0 saturated carbocycles. The quantitative estimate of drug-likeness (QED) is 0.476. The molecule has 1 aromatic carbocycles. The first-order valence-electron chi connectivity index (χ1n) is 7.57. The van der Waals surface area contributed by atoms with Crippen LogP contribution in [-0.4, -0.2) is 27.8 Å². The SMILES string of the molecule is O=[N+]([O-])c1c(F)cccc1N1CCCC(n2ccc(C(F)(F)F)n2)C1. The molecule has 1 aromatic heterocycles. The molecule has 1 saturated heterocycles. The second kappa shape index (κ2) is 6.34. The Morgan fingerprint density at radius 1 is 1.28 bits per heavy atom. The third kappa shape index (κ3) is 3.42. The van der Waals surface area contributed by atoms with E-state index < -0.39 is 28.3 Å². The summed E-state index contributed by atoms with van der Waals surface area (Å²) in [5.41, 5.74) is -1.49. The Morgan fingerprint density at radius 3 is 2.68 bits per heavy atom. The van der Waals surface area contributed by atoms with Gasteiger partial charge in [0.2, 0.25) is 5.82 Å². The molecule has 0 radical (unpaired) electrons. The predicted molar refractivity (Wildman–Crippen MR) is 80.8 cm³/mol. The molecule has 1 aliphatic rings. The highest BCUT2D eigenvalue weighted by Gasteiger charge is 2.35. The first-order chi connectivity index (χ1) is 11.8. The van der Waals surface area contributed by atoms with E-state index in [1.807, 2.05) is 0 Å². The average Bonchev–Trinajstić information content (AvgIpc) is 3.04. The molecule has 0 N–H and O–H groups in total. The molecule has 134 valence electrons. The minimum Gasteiger partial charge on any atom is -0.364 e. The van der Waals surface area contributed by atoms with Crippen LogP contribution in [0.5, 0.6) is 0 Å². The van der Waals surface area contributed by atoms with Crippen molar-refractivity contribution < 1.29 is 22.5 Å². The zero-order valence-electron chi connectivity index (χ0n) is 12.9. The van der Waals surface area contributed by atoms with Crippen molar-refractivity contribution in [3.8, 4) is 0 Å². The summed E-state index contributed by atoms with van der Waals surface area (Å²) in [5.74, 6) is -0.942. The Labute approximate surface area is 139 Å². The Hall–Kier alpha value is -2.65. The summed E-state index contributed by atoms with van der Waals surface area (Å²) >= 11 is 0. The van der Waals surface area contributed by atoms with Gasteiger partial charge in [-0.05, 0) is 31.0 Å². The van der Waals surface area contributed by atoms with E-state index >= 15 is 0 Å². The van der Waals surface area contributed by atoms with Crippen LogP contribution in [-0.2, 0) is 6.18 Å². The van der Waals surface area contributed by atoms with Crippen molar-refractivity contribution in [3.63, 3.8) is 0 Å². The zero-order chi connectivity index (χ0) is 18.2. The number of para-hydroxylation sites is 1. The lowest BCUT2D eigenvalue weighted by Gasteiger charge is -2.34. The lowest BCUT2D eigenvalue weighted by Crippen LogP contribution is -2.37. The van der Waals surface area contributed by atoms with Crippen LogP contribution in [0.1, 0.15) is 24.6 Å². The number of halogens is 4. The number of piperidine rings is 1. The number of hydrogen-bond acceptors (Lipinski definition) is 4. The van der Waals surface area contributed by atoms with Gasteiger partial charge < -0.3 is 4.90 Å². The molecule has 2 aromatic rings. The third-order valence-corrected chi connectivity index (χ3v) is 4.16. The summed E-state index contributed by atoms with van der Waals surface area (Å²) in [6.45, 7) is 0.664. The molecular weight excluding hydrogens is 344 g/mol. The molecule has 25 heavy (non-hydrogen) atoms. The van der Waals surface area contributed by atoms with Crippen molar-refractivity contribution in [1.82, 2.24) is 9.78 Å². The molecule has 1 fully saturated rings. The second-order valence-corrected chi connectivity index (χ2v) is 5.79. The minimum atomic E-state index is -4.53. The molecule has 1 atom stereocenters.